The summed E-state index contributed by atoms with van der Waals surface area (Å²) in [6, 6.07) is 21.4. The lowest BCUT2D eigenvalue weighted by Gasteiger charge is -2.33. The Morgan fingerprint density at radius 3 is 2.37 bits per heavy atom. The number of amides is 5. The van der Waals surface area contributed by atoms with Crippen LogP contribution < -0.4 is 21.1 Å². The normalized spacial score (nSPS) is 17.9. The predicted molar refractivity (Wildman–Crippen MR) is 225 cm³/mol. The highest BCUT2D eigenvalue weighted by atomic mass is 16.5. The fraction of sp³-hybridized carbons (Fsp3) is 0.378. The summed E-state index contributed by atoms with van der Waals surface area (Å²) in [6.07, 6.45) is 10.8. The van der Waals surface area contributed by atoms with Crippen LogP contribution in [-0.2, 0) is 14.4 Å². The summed E-state index contributed by atoms with van der Waals surface area (Å²) < 4.78 is 7.91. The summed E-state index contributed by atoms with van der Waals surface area (Å²) in [5.41, 5.74) is 9.75. The van der Waals surface area contributed by atoms with E-state index in [0.717, 1.165) is 80.5 Å². The molecule has 4 N–H and O–H groups in total. The maximum atomic E-state index is 13.4. The Bertz CT molecular complexity index is 2400. The van der Waals surface area contributed by atoms with Gasteiger partial charge in [-0.3, -0.25) is 34.2 Å². The van der Waals surface area contributed by atoms with Gasteiger partial charge in [0.1, 0.15) is 35.4 Å². The molecule has 2 aromatic heterocycles. The second-order valence-electron chi connectivity index (χ2n) is 15.7. The summed E-state index contributed by atoms with van der Waals surface area (Å²) in [4.78, 5) is 75.7. The zero-order chi connectivity index (χ0) is 41.6. The second kappa shape index (κ2) is 18.1. The van der Waals surface area contributed by atoms with Gasteiger partial charge in [-0.1, -0.05) is 56.4 Å². The molecule has 60 heavy (non-hydrogen) atoms. The lowest BCUT2D eigenvalue weighted by atomic mass is 10.0. The van der Waals surface area contributed by atoms with Crippen molar-refractivity contribution >= 4 is 52.1 Å². The molecule has 5 amide bonds. The van der Waals surface area contributed by atoms with Crippen LogP contribution in [0.1, 0.15) is 104 Å². The number of anilines is 2. The second-order valence-corrected chi connectivity index (χ2v) is 15.7. The average Bonchev–Trinajstić information content (AvgIpc) is 3.78. The number of nitrogens with one attached hydrogen (secondary N) is 2. The minimum atomic E-state index is -0.990. The van der Waals surface area contributed by atoms with E-state index in [0.29, 0.717) is 53.5 Å². The molecule has 0 bridgehead atoms. The Morgan fingerprint density at radius 1 is 0.833 bits per heavy atom. The zero-order valence-corrected chi connectivity index (χ0v) is 33.5. The average molecular weight is 812 g/mol. The number of hydrogen-bond donors (Lipinski definition) is 3. The number of rotatable bonds is 16. The lowest BCUT2D eigenvalue weighted by molar-refractivity contribution is -0.136. The number of hydrogen-bond acceptors (Lipinski definition) is 11. The maximum absolute atomic E-state index is 13.4. The number of carbonyl (C=O) groups is 5. The Balaban J connectivity index is 0.765. The highest BCUT2D eigenvalue weighted by Gasteiger charge is 2.45. The van der Waals surface area contributed by atoms with E-state index in [1.807, 2.05) is 64.2 Å². The number of ether oxygens (including phenoxy) is 1. The largest absolute Gasteiger partial charge is 0.457 e. The van der Waals surface area contributed by atoms with Crippen LogP contribution in [0.2, 0.25) is 0 Å². The van der Waals surface area contributed by atoms with Crippen molar-refractivity contribution in [3.05, 3.63) is 90.3 Å². The molecule has 3 aliphatic heterocycles. The van der Waals surface area contributed by atoms with Gasteiger partial charge in [0.05, 0.1) is 22.6 Å². The molecule has 2 atom stereocenters. The molecule has 310 valence electrons. The predicted octanol–water partition coefficient (Wildman–Crippen LogP) is 6.67. The summed E-state index contributed by atoms with van der Waals surface area (Å²) in [5.74, 6) is -0.0572. The van der Waals surface area contributed by atoms with Gasteiger partial charge >= 0.3 is 0 Å². The van der Waals surface area contributed by atoms with Crippen molar-refractivity contribution in [2.75, 3.05) is 30.7 Å². The van der Waals surface area contributed by atoms with Crippen LogP contribution in [0, 0.1) is 0 Å². The molecule has 3 aromatic carbocycles. The molecule has 15 nitrogen and oxygen atoms in total. The van der Waals surface area contributed by atoms with Gasteiger partial charge in [0.2, 0.25) is 17.7 Å². The third-order valence-corrected chi connectivity index (χ3v) is 11.6. The number of imide groups is 2. The molecule has 5 heterocycles. The standard InChI is InChI=1S/C45H49N9O6/c46-41-39-40(29-19-21-32(22-20-29)60-31-14-7-6-8-15-31)51-54(42(39)49-28-48-41)30-13-12-26-52(27-30)37(56)18-9-4-2-1-3-5-10-25-47-34-17-11-16-33-38(34)45(59)53(44(33)58)35-23-24-36(55)50-43(35)57/h6-8,11,14-17,19-22,28,30,35,47H,1-5,9-10,12-13,18,23-27H2,(H2,46,48,49)(H,50,55,57)/t30-,35?/m1/s1. The number of carbonyl (C=O) groups excluding carboxylic acids is 5. The minimum absolute atomic E-state index is 0.0401. The number of piperidine rings is 2. The Hall–Kier alpha value is -6.64. The van der Waals surface area contributed by atoms with Gasteiger partial charge in [0.25, 0.3) is 11.8 Å². The molecule has 0 spiro atoms. The van der Waals surface area contributed by atoms with Gasteiger partial charge in [-0.2, -0.15) is 5.10 Å². The fourth-order valence-electron chi connectivity index (χ4n) is 8.47. The third kappa shape index (κ3) is 8.56. The van der Waals surface area contributed by atoms with Crippen molar-refractivity contribution in [2.24, 2.45) is 0 Å². The van der Waals surface area contributed by atoms with Crippen molar-refractivity contribution in [3.63, 3.8) is 0 Å². The van der Waals surface area contributed by atoms with E-state index in [4.69, 9.17) is 15.6 Å². The van der Waals surface area contributed by atoms with E-state index in [1.54, 1.807) is 18.2 Å². The van der Waals surface area contributed by atoms with E-state index in [2.05, 4.69) is 20.6 Å². The Kier molecular flexibility index (Phi) is 12.1. The van der Waals surface area contributed by atoms with Crippen LogP contribution in [0.3, 0.4) is 0 Å². The van der Waals surface area contributed by atoms with E-state index >= 15 is 0 Å². The van der Waals surface area contributed by atoms with Crippen LogP contribution in [0.15, 0.2) is 79.1 Å². The molecule has 3 aliphatic rings. The topological polar surface area (TPSA) is 195 Å². The van der Waals surface area contributed by atoms with Gasteiger partial charge < -0.3 is 20.7 Å². The summed E-state index contributed by atoms with van der Waals surface area (Å²) in [5, 5.41) is 11.3. The number of benzene rings is 3. The van der Waals surface area contributed by atoms with Crippen molar-refractivity contribution in [1.29, 1.82) is 0 Å². The quantitative estimate of drug-likeness (QED) is 0.0712. The number of nitrogens with zero attached hydrogens (tertiary/aromatic N) is 6. The van der Waals surface area contributed by atoms with Crippen molar-refractivity contribution in [1.82, 2.24) is 34.9 Å². The van der Waals surface area contributed by atoms with Gasteiger partial charge in [0, 0.05) is 43.7 Å². The number of para-hydroxylation sites is 1. The molecule has 0 radical (unpaired) electrons. The molecule has 5 aromatic rings. The van der Waals surface area contributed by atoms with Gasteiger partial charge in [-0.05, 0) is 80.6 Å². The smallest absolute Gasteiger partial charge is 0.264 e. The highest BCUT2D eigenvalue weighted by Crippen LogP contribution is 2.36. The van der Waals surface area contributed by atoms with E-state index in [1.165, 1.54) is 6.33 Å². The van der Waals surface area contributed by atoms with Gasteiger partial charge in [0.15, 0.2) is 5.65 Å². The van der Waals surface area contributed by atoms with Crippen LogP contribution in [-0.4, -0.2) is 84.8 Å². The Labute approximate surface area is 347 Å². The zero-order valence-electron chi connectivity index (χ0n) is 33.5. The van der Waals surface area contributed by atoms with Crippen LogP contribution in [0.25, 0.3) is 22.3 Å². The van der Waals surface area contributed by atoms with Gasteiger partial charge in [-0.15, -0.1) is 0 Å². The molecule has 1 unspecified atom stereocenters. The number of fused-ring (bicyclic) bond motifs is 2. The van der Waals surface area contributed by atoms with E-state index < -0.39 is 29.7 Å². The Morgan fingerprint density at radius 2 is 1.58 bits per heavy atom. The molecule has 0 saturated carbocycles. The molecule has 2 saturated heterocycles. The maximum Gasteiger partial charge on any atom is 0.264 e. The van der Waals surface area contributed by atoms with Crippen LogP contribution in [0.5, 0.6) is 11.5 Å². The SMILES string of the molecule is Nc1ncnc2c1c(-c1ccc(Oc3ccccc3)cc1)nn2[C@@H]1CCCN(C(=O)CCCCCCCCCNc2cccc3c2C(=O)N(C2CCC(=O)NC2=O)C3=O)C1. The first-order valence-electron chi connectivity index (χ1n) is 20.9. The van der Waals surface area contributed by atoms with Gasteiger partial charge in [-0.25, -0.2) is 14.6 Å². The first-order valence-corrected chi connectivity index (χ1v) is 20.9. The van der Waals surface area contributed by atoms with Crippen molar-refractivity contribution in [3.8, 4) is 22.8 Å². The number of aromatic nitrogens is 4. The monoisotopic (exact) mass is 811 g/mol. The van der Waals surface area contributed by atoms with Crippen LogP contribution >= 0.6 is 0 Å². The molecule has 15 heteroatoms. The number of likely N-dealkylation sites (tertiary alicyclic amines) is 1. The molecule has 0 aliphatic carbocycles. The summed E-state index contributed by atoms with van der Waals surface area (Å²) in [7, 11) is 0. The van der Waals surface area contributed by atoms with Crippen molar-refractivity contribution < 1.29 is 28.7 Å². The van der Waals surface area contributed by atoms with Crippen LogP contribution in [0.4, 0.5) is 11.5 Å². The fourth-order valence-corrected chi connectivity index (χ4v) is 8.47. The number of nitrogen functional groups attached to an aromatic ring is 1. The molecular formula is C45H49N9O6. The van der Waals surface area contributed by atoms with E-state index in [9.17, 15) is 24.0 Å². The lowest BCUT2D eigenvalue weighted by Crippen LogP contribution is -2.54. The number of unbranched alkanes of at least 4 members (excludes halogenated alkanes) is 6. The highest BCUT2D eigenvalue weighted by molar-refractivity contribution is 6.25. The molecule has 2 fully saturated rings. The molecular weight excluding hydrogens is 763 g/mol. The first-order chi connectivity index (χ1) is 29.3. The third-order valence-electron chi connectivity index (χ3n) is 11.6. The van der Waals surface area contributed by atoms with Crippen molar-refractivity contribution in [2.45, 2.75) is 89.1 Å². The summed E-state index contributed by atoms with van der Waals surface area (Å²) in [6.45, 7) is 1.92. The minimum Gasteiger partial charge on any atom is -0.457 e. The summed E-state index contributed by atoms with van der Waals surface area (Å²) >= 11 is 0. The molecule has 8 rings (SSSR count). The van der Waals surface area contributed by atoms with E-state index in [-0.39, 0.29) is 35.9 Å². The number of nitrogens with two attached hydrogens (primary N) is 1. The first kappa shape index (κ1) is 40.2.